The Kier molecular flexibility index (Phi) is 4.97. The van der Waals surface area contributed by atoms with Gasteiger partial charge in [0.25, 0.3) is 0 Å². The molecule has 110 valence electrons. The van der Waals surface area contributed by atoms with E-state index < -0.39 is 5.60 Å². The highest BCUT2D eigenvalue weighted by molar-refractivity contribution is 7.99. The fraction of sp³-hybridized carbons (Fsp3) is 0.562. The van der Waals surface area contributed by atoms with Crippen LogP contribution in [-0.4, -0.2) is 34.9 Å². The molecule has 3 nitrogen and oxygen atoms in total. The van der Waals surface area contributed by atoms with Crippen molar-refractivity contribution < 1.29 is 9.53 Å². The van der Waals surface area contributed by atoms with Crippen LogP contribution in [0.4, 0.5) is 4.79 Å². The molecule has 1 saturated heterocycles. The van der Waals surface area contributed by atoms with Crippen LogP contribution in [0.25, 0.3) is 0 Å². The highest BCUT2D eigenvalue weighted by Gasteiger charge is 2.31. The van der Waals surface area contributed by atoms with Crippen LogP contribution in [0.3, 0.4) is 0 Å². The van der Waals surface area contributed by atoms with Gasteiger partial charge in [-0.2, -0.15) is 0 Å². The van der Waals surface area contributed by atoms with Gasteiger partial charge in [0.2, 0.25) is 0 Å². The first-order valence-corrected chi connectivity index (χ1v) is 8.12. The van der Waals surface area contributed by atoms with Gasteiger partial charge in [0.1, 0.15) is 5.60 Å². The molecule has 1 aliphatic heterocycles. The summed E-state index contributed by atoms with van der Waals surface area (Å²) in [7, 11) is 0. The average Bonchev–Trinajstić information content (AvgIpc) is 2.84. The number of likely N-dealkylation sites (tertiary alicyclic amines) is 1. The molecule has 0 N–H and O–H groups in total. The fourth-order valence-electron chi connectivity index (χ4n) is 2.28. The number of thioether (sulfide) groups is 1. The lowest BCUT2D eigenvalue weighted by Crippen LogP contribution is -2.40. The van der Waals surface area contributed by atoms with Gasteiger partial charge >= 0.3 is 6.09 Å². The molecule has 0 aromatic heterocycles. The Morgan fingerprint density at radius 3 is 2.70 bits per heavy atom. The Labute approximate surface area is 125 Å². The van der Waals surface area contributed by atoms with Crippen LogP contribution in [0.15, 0.2) is 35.2 Å². The van der Waals surface area contributed by atoms with Gasteiger partial charge in [0, 0.05) is 23.2 Å². The van der Waals surface area contributed by atoms with E-state index in [9.17, 15) is 4.79 Å². The number of rotatable bonds is 3. The van der Waals surface area contributed by atoms with Crippen LogP contribution in [-0.2, 0) is 4.74 Å². The van der Waals surface area contributed by atoms with Crippen LogP contribution in [0, 0.1) is 0 Å². The number of carbonyl (C=O) groups excluding carboxylic acids is 1. The minimum absolute atomic E-state index is 0.173. The zero-order chi connectivity index (χ0) is 14.6. The molecule has 1 atom stereocenters. The first-order valence-electron chi connectivity index (χ1n) is 7.13. The Morgan fingerprint density at radius 2 is 2.05 bits per heavy atom. The summed E-state index contributed by atoms with van der Waals surface area (Å²) in [4.78, 5) is 15.3. The van der Waals surface area contributed by atoms with E-state index in [1.54, 1.807) is 0 Å². The zero-order valence-corrected chi connectivity index (χ0v) is 13.3. The summed E-state index contributed by atoms with van der Waals surface area (Å²) in [5.41, 5.74) is -0.420. The number of carbonyl (C=O) groups is 1. The van der Waals surface area contributed by atoms with Gasteiger partial charge < -0.3 is 9.64 Å². The van der Waals surface area contributed by atoms with Crippen molar-refractivity contribution in [2.75, 3.05) is 12.3 Å². The van der Waals surface area contributed by atoms with Crippen LogP contribution in [0.2, 0.25) is 0 Å². The second-order valence-corrected chi connectivity index (χ2v) is 7.19. The van der Waals surface area contributed by atoms with Gasteiger partial charge in [0.15, 0.2) is 0 Å². The lowest BCUT2D eigenvalue weighted by atomic mass is 10.2. The van der Waals surface area contributed by atoms with E-state index >= 15 is 0 Å². The van der Waals surface area contributed by atoms with Crippen molar-refractivity contribution in [3.63, 3.8) is 0 Å². The summed E-state index contributed by atoms with van der Waals surface area (Å²) in [5, 5.41) is 0. The molecule has 1 amide bonds. The molecule has 0 spiro atoms. The Balaban J connectivity index is 1.89. The van der Waals surface area contributed by atoms with Crippen molar-refractivity contribution >= 4 is 17.9 Å². The van der Waals surface area contributed by atoms with E-state index in [0.29, 0.717) is 0 Å². The highest BCUT2D eigenvalue weighted by Crippen LogP contribution is 2.27. The second kappa shape index (κ2) is 6.53. The average molecular weight is 293 g/mol. The van der Waals surface area contributed by atoms with Gasteiger partial charge in [-0.15, -0.1) is 11.8 Å². The predicted octanol–water partition coefficient (Wildman–Crippen LogP) is 4.18. The van der Waals surface area contributed by atoms with Gasteiger partial charge in [0.05, 0.1) is 0 Å². The highest BCUT2D eigenvalue weighted by atomic mass is 32.2. The lowest BCUT2D eigenvalue weighted by molar-refractivity contribution is 0.0242. The summed E-state index contributed by atoms with van der Waals surface area (Å²) >= 11 is 1.81. The maximum absolute atomic E-state index is 12.2. The molecule has 4 heteroatoms. The third-order valence-electron chi connectivity index (χ3n) is 3.19. The van der Waals surface area contributed by atoms with Crippen LogP contribution in [0.5, 0.6) is 0 Å². The number of nitrogens with zero attached hydrogens (tertiary/aromatic N) is 1. The normalized spacial score (nSPS) is 19.1. The van der Waals surface area contributed by atoms with Gasteiger partial charge in [-0.25, -0.2) is 4.79 Å². The van der Waals surface area contributed by atoms with Crippen molar-refractivity contribution in [1.29, 1.82) is 0 Å². The molecule has 1 aromatic carbocycles. The molecule has 1 fully saturated rings. The minimum Gasteiger partial charge on any atom is -0.444 e. The number of amides is 1. The van der Waals surface area contributed by atoms with E-state index in [-0.39, 0.29) is 12.1 Å². The molecule has 0 saturated carbocycles. The summed E-state index contributed by atoms with van der Waals surface area (Å²) in [6, 6.07) is 10.6. The number of benzene rings is 1. The van der Waals surface area contributed by atoms with Crippen molar-refractivity contribution in [2.45, 2.75) is 50.2 Å². The number of ether oxygens (including phenoxy) is 1. The quantitative estimate of drug-likeness (QED) is 0.783. The molecule has 0 bridgehead atoms. The lowest BCUT2D eigenvalue weighted by Gasteiger charge is -2.28. The van der Waals surface area contributed by atoms with E-state index in [4.69, 9.17) is 4.74 Å². The van der Waals surface area contributed by atoms with E-state index in [2.05, 4.69) is 12.1 Å². The molecule has 0 unspecified atom stereocenters. The summed E-state index contributed by atoms with van der Waals surface area (Å²) in [6.07, 6.45) is 1.96. The van der Waals surface area contributed by atoms with Crippen molar-refractivity contribution in [1.82, 2.24) is 4.90 Å². The van der Waals surface area contributed by atoms with Gasteiger partial charge in [-0.1, -0.05) is 18.2 Å². The van der Waals surface area contributed by atoms with Crippen molar-refractivity contribution in [3.8, 4) is 0 Å². The van der Waals surface area contributed by atoms with Crippen LogP contribution >= 0.6 is 11.8 Å². The first kappa shape index (κ1) is 15.2. The first-order chi connectivity index (χ1) is 9.46. The zero-order valence-electron chi connectivity index (χ0n) is 12.5. The van der Waals surface area contributed by atoms with Crippen LogP contribution < -0.4 is 0 Å². The standard InChI is InChI=1S/C16H23NO2S/c1-16(2,3)19-15(18)17-11-7-8-13(17)12-20-14-9-5-4-6-10-14/h4-6,9-10,13H,7-8,11-12H2,1-3H3/t13-/m0/s1. The molecule has 1 heterocycles. The molecule has 1 aliphatic rings. The second-order valence-electron chi connectivity index (χ2n) is 6.09. The molecular weight excluding hydrogens is 270 g/mol. The number of hydrogen-bond acceptors (Lipinski definition) is 3. The monoisotopic (exact) mass is 293 g/mol. The minimum atomic E-state index is -0.420. The summed E-state index contributed by atoms with van der Waals surface area (Å²) in [6.45, 7) is 6.55. The van der Waals surface area contributed by atoms with Crippen molar-refractivity contribution in [2.24, 2.45) is 0 Å². The van der Waals surface area contributed by atoms with Gasteiger partial charge in [-0.3, -0.25) is 0 Å². The van der Waals surface area contributed by atoms with E-state index in [1.807, 2.05) is 55.6 Å². The molecule has 0 radical (unpaired) electrons. The molecule has 2 rings (SSSR count). The molecule has 1 aromatic rings. The summed E-state index contributed by atoms with van der Waals surface area (Å²) in [5.74, 6) is 0.934. The SMILES string of the molecule is CC(C)(C)OC(=O)N1CCC[C@H]1CSc1ccccc1. The Hall–Kier alpha value is -1.16. The number of hydrogen-bond donors (Lipinski definition) is 0. The topological polar surface area (TPSA) is 29.5 Å². The fourth-order valence-corrected chi connectivity index (χ4v) is 3.36. The van der Waals surface area contributed by atoms with Gasteiger partial charge in [-0.05, 0) is 45.7 Å². The largest absolute Gasteiger partial charge is 0.444 e. The maximum Gasteiger partial charge on any atom is 0.410 e. The third kappa shape index (κ3) is 4.44. The Bertz CT molecular complexity index is 442. The van der Waals surface area contributed by atoms with Crippen LogP contribution in [0.1, 0.15) is 33.6 Å². The summed E-state index contributed by atoms with van der Waals surface area (Å²) < 4.78 is 5.48. The molecule has 20 heavy (non-hydrogen) atoms. The molecule has 0 aliphatic carbocycles. The van der Waals surface area contributed by atoms with E-state index in [0.717, 1.165) is 25.1 Å². The Morgan fingerprint density at radius 1 is 1.35 bits per heavy atom. The van der Waals surface area contributed by atoms with E-state index in [1.165, 1.54) is 4.90 Å². The van der Waals surface area contributed by atoms with Crippen molar-refractivity contribution in [3.05, 3.63) is 30.3 Å². The third-order valence-corrected chi connectivity index (χ3v) is 4.35. The maximum atomic E-state index is 12.2. The smallest absolute Gasteiger partial charge is 0.410 e. The molecular formula is C16H23NO2S. The predicted molar refractivity (Wildman–Crippen MR) is 83.1 cm³/mol.